The van der Waals surface area contributed by atoms with Gasteiger partial charge in [0.2, 0.25) is 0 Å². The number of nitrogens with zero attached hydrogens (tertiary/aromatic N) is 1. The van der Waals surface area contributed by atoms with Crippen molar-refractivity contribution in [2.24, 2.45) is 23.0 Å². The van der Waals surface area contributed by atoms with Crippen molar-refractivity contribution in [2.75, 3.05) is 6.54 Å². The number of hydrogen-bond donors (Lipinski definition) is 2. The van der Waals surface area contributed by atoms with Gasteiger partial charge in [-0.2, -0.15) is 0 Å². The van der Waals surface area contributed by atoms with E-state index in [2.05, 4.69) is 27.7 Å². The molecule has 104 valence electrons. The Morgan fingerprint density at radius 1 is 1.63 bits per heavy atom. The summed E-state index contributed by atoms with van der Waals surface area (Å²) in [5, 5.41) is 3.81. The van der Waals surface area contributed by atoms with Gasteiger partial charge in [-0.3, -0.25) is 9.51 Å². The molecule has 3 rings (SSSR count). The zero-order valence-corrected chi connectivity index (χ0v) is 11.3. The summed E-state index contributed by atoms with van der Waals surface area (Å²) < 4.78 is 4.60. The van der Waals surface area contributed by atoms with Gasteiger partial charge < -0.3 is 5.73 Å². The predicted octanol–water partition coefficient (Wildman–Crippen LogP) is 1.62. The second kappa shape index (κ2) is 4.63. The van der Waals surface area contributed by atoms with Crippen LogP contribution in [0.4, 0.5) is 0 Å². The maximum atomic E-state index is 11.1. The van der Waals surface area contributed by atoms with Gasteiger partial charge in [-0.25, -0.2) is 4.79 Å². The SMILES string of the molecule is CCC1=C[C@H]2C[C@H](C1)C[C@@]2(CN)Cc1noc(=O)[nH]1. The van der Waals surface area contributed by atoms with Gasteiger partial charge >= 0.3 is 5.76 Å². The normalized spacial score (nSPS) is 33.5. The molecular formula is C14H21N3O2. The number of fused-ring (bicyclic) bond motifs is 2. The van der Waals surface area contributed by atoms with E-state index in [0.717, 1.165) is 18.8 Å². The van der Waals surface area contributed by atoms with Crippen LogP contribution in [0.2, 0.25) is 0 Å². The zero-order valence-electron chi connectivity index (χ0n) is 11.3. The zero-order chi connectivity index (χ0) is 13.5. The second-order valence-corrected chi connectivity index (χ2v) is 6.08. The first-order chi connectivity index (χ1) is 9.15. The minimum Gasteiger partial charge on any atom is -0.330 e. The van der Waals surface area contributed by atoms with E-state index in [4.69, 9.17) is 5.73 Å². The lowest BCUT2D eigenvalue weighted by Gasteiger charge is -2.32. The number of allylic oxidation sites excluding steroid dienone is 2. The smallest absolute Gasteiger partial charge is 0.330 e. The molecule has 3 atom stereocenters. The average molecular weight is 263 g/mol. The molecule has 2 bridgehead atoms. The third kappa shape index (κ3) is 2.16. The average Bonchev–Trinajstić information content (AvgIpc) is 2.92. The maximum Gasteiger partial charge on any atom is 0.438 e. The molecule has 5 nitrogen and oxygen atoms in total. The maximum absolute atomic E-state index is 11.1. The standard InChI is InChI=1S/C14H21N3O2/c1-2-9-3-10-5-11(4-9)14(6-10,8-15)7-12-16-13(18)19-17-12/h4,10-11H,2-3,5-8,15H2,1H3,(H,16,17,18)/t10-,11-,14-/m0/s1. The first-order valence-electron chi connectivity index (χ1n) is 7.09. The minimum atomic E-state index is -0.479. The van der Waals surface area contributed by atoms with Crippen LogP contribution in [0.3, 0.4) is 0 Å². The molecule has 0 saturated heterocycles. The molecule has 5 heteroatoms. The summed E-state index contributed by atoms with van der Waals surface area (Å²) in [5.74, 6) is 1.42. The highest BCUT2D eigenvalue weighted by Crippen LogP contribution is 2.53. The molecule has 1 heterocycles. The van der Waals surface area contributed by atoms with Gasteiger partial charge in [-0.1, -0.05) is 23.7 Å². The third-order valence-corrected chi connectivity index (χ3v) is 4.92. The first kappa shape index (κ1) is 12.7. The number of hydrogen-bond acceptors (Lipinski definition) is 4. The van der Waals surface area contributed by atoms with Crippen molar-refractivity contribution in [1.29, 1.82) is 0 Å². The highest BCUT2D eigenvalue weighted by Gasteiger charge is 2.47. The van der Waals surface area contributed by atoms with Crippen LogP contribution in [-0.4, -0.2) is 16.7 Å². The van der Waals surface area contributed by atoms with Gasteiger partial charge in [0.05, 0.1) is 0 Å². The van der Waals surface area contributed by atoms with Crippen molar-refractivity contribution in [3.63, 3.8) is 0 Å². The van der Waals surface area contributed by atoms with Gasteiger partial charge in [0.15, 0.2) is 5.82 Å². The first-order valence-corrected chi connectivity index (χ1v) is 7.09. The molecule has 19 heavy (non-hydrogen) atoms. The molecule has 2 aliphatic carbocycles. The van der Waals surface area contributed by atoms with Crippen LogP contribution >= 0.6 is 0 Å². The van der Waals surface area contributed by atoms with Crippen molar-refractivity contribution < 1.29 is 4.52 Å². The predicted molar refractivity (Wildman–Crippen MR) is 71.5 cm³/mol. The Hall–Kier alpha value is -1.36. The van der Waals surface area contributed by atoms with E-state index in [1.54, 1.807) is 5.57 Å². The molecule has 0 spiro atoms. The van der Waals surface area contributed by atoms with Gasteiger partial charge in [0.25, 0.3) is 0 Å². The Kier molecular flexibility index (Phi) is 3.09. The van der Waals surface area contributed by atoms with Crippen LogP contribution in [0.25, 0.3) is 0 Å². The van der Waals surface area contributed by atoms with Crippen LogP contribution in [0.1, 0.15) is 38.4 Å². The number of nitrogens with two attached hydrogens (primary N) is 1. The van der Waals surface area contributed by atoms with Crippen LogP contribution < -0.4 is 11.5 Å². The highest BCUT2D eigenvalue weighted by molar-refractivity contribution is 5.19. The van der Waals surface area contributed by atoms with Crippen molar-refractivity contribution in [3.8, 4) is 0 Å². The Morgan fingerprint density at radius 3 is 3.11 bits per heavy atom. The molecular weight excluding hydrogens is 242 g/mol. The van der Waals surface area contributed by atoms with Crippen molar-refractivity contribution >= 4 is 0 Å². The Morgan fingerprint density at radius 2 is 2.47 bits per heavy atom. The largest absolute Gasteiger partial charge is 0.438 e. The summed E-state index contributed by atoms with van der Waals surface area (Å²) in [7, 11) is 0. The van der Waals surface area contributed by atoms with Gasteiger partial charge in [-0.05, 0) is 49.5 Å². The lowest BCUT2D eigenvalue weighted by molar-refractivity contribution is 0.236. The molecule has 0 aliphatic heterocycles. The summed E-state index contributed by atoms with van der Waals surface area (Å²) in [6, 6.07) is 0. The fourth-order valence-corrected chi connectivity index (χ4v) is 3.98. The van der Waals surface area contributed by atoms with Crippen LogP contribution in [0.15, 0.2) is 21.0 Å². The lowest BCUT2D eigenvalue weighted by atomic mass is 9.74. The van der Waals surface area contributed by atoms with Crippen molar-refractivity contribution in [2.45, 2.75) is 39.0 Å². The summed E-state index contributed by atoms with van der Waals surface area (Å²) in [6.07, 6.45) is 7.84. The Bertz CT molecular complexity index is 545. The van der Waals surface area contributed by atoms with Crippen molar-refractivity contribution in [3.05, 3.63) is 28.0 Å². The summed E-state index contributed by atoms with van der Waals surface area (Å²) >= 11 is 0. The molecule has 0 aromatic carbocycles. The van der Waals surface area contributed by atoms with E-state index >= 15 is 0 Å². The molecule has 1 aromatic rings. The molecule has 1 aromatic heterocycles. The van der Waals surface area contributed by atoms with E-state index in [1.807, 2.05) is 0 Å². The fourth-order valence-electron chi connectivity index (χ4n) is 3.98. The number of aromatic amines is 1. The van der Waals surface area contributed by atoms with E-state index in [9.17, 15) is 4.79 Å². The van der Waals surface area contributed by atoms with E-state index in [-0.39, 0.29) is 5.41 Å². The monoisotopic (exact) mass is 263 g/mol. The van der Waals surface area contributed by atoms with Crippen LogP contribution in [0.5, 0.6) is 0 Å². The van der Waals surface area contributed by atoms with E-state index < -0.39 is 5.76 Å². The van der Waals surface area contributed by atoms with Gasteiger partial charge in [0, 0.05) is 6.42 Å². The van der Waals surface area contributed by atoms with Crippen LogP contribution in [0, 0.1) is 17.3 Å². The summed E-state index contributed by atoms with van der Waals surface area (Å²) in [6.45, 7) is 2.85. The number of aromatic nitrogens is 2. The quantitative estimate of drug-likeness (QED) is 0.808. The highest BCUT2D eigenvalue weighted by atomic mass is 16.5. The molecule has 1 fully saturated rings. The third-order valence-electron chi connectivity index (χ3n) is 4.92. The molecule has 0 radical (unpaired) electrons. The van der Waals surface area contributed by atoms with E-state index in [0.29, 0.717) is 24.7 Å². The number of H-pyrrole nitrogens is 1. The minimum absolute atomic E-state index is 0.0431. The summed E-state index contributed by atoms with van der Waals surface area (Å²) in [5.41, 5.74) is 7.69. The molecule has 1 saturated carbocycles. The Labute approximate surface area is 112 Å². The van der Waals surface area contributed by atoms with Crippen LogP contribution in [-0.2, 0) is 6.42 Å². The molecule has 3 N–H and O–H groups in total. The number of rotatable bonds is 4. The molecule has 0 amide bonds. The molecule has 0 unspecified atom stereocenters. The lowest BCUT2D eigenvalue weighted by Crippen LogP contribution is -2.36. The topological polar surface area (TPSA) is 84.9 Å². The fraction of sp³-hybridized carbons (Fsp3) is 0.714. The van der Waals surface area contributed by atoms with Gasteiger partial charge in [0.1, 0.15) is 0 Å². The van der Waals surface area contributed by atoms with Crippen molar-refractivity contribution in [1.82, 2.24) is 10.1 Å². The second-order valence-electron chi connectivity index (χ2n) is 6.08. The van der Waals surface area contributed by atoms with E-state index in [1.165, 1.54) is 12.8 Å². The Balaban J connectivity index is 1.88. The molecule has 2 aliphatic rings. The number of nitrogens with one attached hydrogen (secondary N) is 1. The van der Waals surface area contributed by atoms with Gasteiger partial charge in [-0.15, -0.1) is 0 Å². The summed E-state index contributed by atoms with van der Waals surface area (Å²) in [4.78, 5) is 13.7.